The van der Waals surface area contributed by atoms with Crippen LogP contribution in [0.25, 0.3) is 0 Å². The Balaban J connectivity index is 2.24. The number of nitrogens with two attached hydrogens (primary N) is 1. The molecule has 6 nitrogen and oxygen atoms in total. The molecule has 100 valence electrons. The Labute approximate surface area is 109 Å². The molecule has 0 aromatic heterocycles. The Morgan fingerprint density at radius 1 is 1.21 bits per heavy atom. The van der Waals surface area contributed by atoms with Gasteiger partial charge in [-0.25, -0.2) is 0 Å². The highest BCUT2D eigenvalue weighted by atomic mass is 16.3. The summed E-state index contributed by atoms with van der Waals surface area (Å²) in [5.74, 6) is -1.41. The highest BCUT2D eigenvalue weighted by Crippen LogP contribution is 2.25. The van der Waals surface area contributed by atoms with E-state index in [4.69, 9.17) is 5.73 Å². The molecule has 19 heavy (non-hydrogen) atoms. The summed E-state index contributed by atoms with van der Waals surface area (Å²) >= 11 is 0. The van der Waals surface area contributed by atoms with Crippen LogP contribution in [0.5, 0.6) is 0 Å². The number of carbonyl (C=O) groups is 3. The summed E-state index contributed by atoms with van der Waals surface area (Å²) in [4.78, 5) is 36.0. The molecule has 6 heteroatoms. The molecule has 0 saturated carbocycles. The number of amides is 3. The number of hydrogen-bond acceptors (Lipinski definition) is 4. The lowest BCUT2D eigenvalue weighted by molar-refractivity contribution is -0.118. The third-order valence-corrected chi connectivity index (χ3v) is 3.13. The van der Waals surface area contributed by atoms with Crippen molar-refractivity contribution in [2.75, 3.05) is 6.61 Å². The molecule has 1 atom stereocenters. The first-order chi connectivity index (χ1) is 9.06. The maximum atomic E-state index is 12.1. The van der Waals surface area contributed by atoms with Gasteiger partial charge in [0.15, 0.2) is 0 Å². The third-order valence-electron chi connectivity index (χ3n) is 3.13. The molecule has 0 bridgehead atoms. The molecule has 3 N–H and O–H groups in total. The SMILES string of the molecule is NC(=O)CCC(CO)N1C(=O)c2ccccc2C1=O. The summed E-state index contributed by atoms with van der Waals surface area (Å²) in [5.41, 5.74) is 5.69. The number of imide groups is 1. The summed E-state index contributed by atoms with van der Waals surface area (Å²) in [6.07, 6.45) is 0.177. The number of carbonyl (C=O) groups excluding carboxylic acids is 3. The van der Waals surface area contributed by atoms with Crippen LogP contribution in [0, 0.1) is 0 Å². The predicted octanol–water partition coefficient (Wildman–Crippen LogP) is -0.0910. The van der Waals surface area contributed by atoms with Gasteiger partial charge >= 0.3 is 0 Å². The molecule has 0 fully saturated rings. The molecule has 0 spiro atoms. The summed E-state index contributed by atoms with van der Waals surface area (Å²) < 4.78 is 0. The van der Waals surface area contributed by atoms with Crippen LogP contribution in [0.3, 0.4) is 0 Å². The van der Waals surface area contributed by atoms with Crippen molar-refractivity contribution in [3.63, 3.8) is 0 Å². The van der Waals surface area contributed by atoms with Crippen molar-refractivity contribution in [1.29, 1.82) is 0 Å². The van der Waals surface area contributed by atoms with E-state index in [0.29, 0.717) is 11.1 Å². The lowest BCUT2D eigenvalue weighted by atomic mass is 10.1. The zero-order valence-corrected chi connectivity index (χ0v) is 10.2. The number of primary amides is 1. The van der Waals surface area contributed by atoms with Gasteiger partial charge < -0.3 is 10.8 Å². The maximum absolute atomic E-state index is 12.1. The van der Waals surface area contributed by atoms with Gasteiger partial charge in [0.2, 0.25) is 5.91 Å². The van der Waals surface area contributed by atoms with Crippen molar-refractivity contribution in [1.82, 2.24) is 4.90 Å². The van der Waals surface area contributed by atoms with Gasteiger partial charge in [-0.3, -0.25) is 19.3 Å². The van der Waals surface area contributed by atoms with Crippen LogP contribution < -0.4 is 5.73 Å². The Kier molecular flexibility index (Phi) is 3.62. The van der Waals surface area contributed by atoms with E-state index in [1.807, 2.05) is 0 Å². The first kappa shape index (κ1) is 13.2. The van der Waals surface area contributed by atoms with Gasteiger partial charge in [0.25, 0.3) is 11.8 Å². The quantitative estimate of drug-likeness (QED) is 0.724. The second-order valence-corrected chi connectivity index (χ2v) is 4.37. The maximum Gasteiger partial charge on any atom is 0.261 e. The zero-order valence-electron chi connectivity index (χ0n) is 10.2. The summed E-state index contributed by atoms with van der Waals surface area (Å²) in [6, 6.07) is 5.76. The smallest absolute Gasteiger partial charge is 0.261 e. The molecule has 1 aromatic carbocycles. The predicted molar refractivity (Wildman–Crippen MR) is 66.2 cm³/mol. The second-order valence-electron chi connectivity index (χ2n) is 4.37. The van der Waals surface area contributed by atoms with Gasteiger partial charge in [-0.1, -0.05) is 12.1 Å². The van der Waals surface area contributed by atoms with Gasteiger partial charge in [0, 0.05) is 6.42 Å². The van der Waals surface area contributed by atoms with E-state index in [9.17, 15) is 19.5 Å². The molecule has 2 rings (SSSR count). The monoisotopic (exact) mass is 262 g/mol. The molecule has 0 radical (unpaired) electrons. The Bertz CT molecular complexity index is 506. The molecular weight excluding hydrogens is 248 g/mol. The van der Waals surface area contributed by atoms with Crippen molar-refractivity contribution in [3.8, 4) is 0 Å². The molecule has 1 unspecified atom stereocenters. The van der Waals surface area contributed by atoms with Gasteiger partial charge in [0.05, 0.1) is 23.8 Å². The first-order valence-corrected chi connectivity index (χ1v) is 5.92. The topological polar surface area (TPSA) is 101 Å². The molecule has 1 aliphatic rings. The zero-order chi connectivity index (χ0) is 14.0. The van der Waals surface area contributed by atoms with E-state index in [1.54, 1.807) is 24.3 Å². The van der Waals surface area contributed by atoms with Crippen LogP contribution in [0.1, 0.15) is 33.6 Å². The normalized spacial score (nSPS) is 15.5. The van der Waals surface area contributed by atoms with Crippen LogP contribution in [0.15, 0.2) is 24.3 Å². The number of fused-ring (bicyclic) bond motifs is 1. The van der Waals surface area contributed by atoms with Gasteiger partial charge in [-0.2, -0.15) is 0 Å². The average Bonchev–Trinajstić information content (AvgIpc) is 2.65. The van der Waals surface area contributed by atoms with E-state index >= 15 is 0 Å². The average molecular weight is 262 g/mol. The fraction of sp³-hybridized carbons (Fsp3) is 0.308. The molecule has 0 aliphatic carbocycles. The molecule has 1 heterocycles. The number of hydrogen-bond donors (Lipinski definition) is 2. The van der Waals surface area contributed by atoms with Crippen LogP contribution in [-0.4, -0.2) is 40.4 Å². The van der Waals surface area contributed by atoms with Crippen molar-refractivity contribution in [3.05, 3.63) is 35.4 Å². The van der Waals surface area contributed by atoms with Crippen molar-refractivity contribution in [2.24, 2.45) is 5.73 Å². The summed E-state index contributed by atoms with van der Waals surface area (Å²) in [6.45, 7) is -0.390. The highest BCUT2D eigenvalue weighted by Gasteiger charge is 2.39. The minimum Gasteiger partial charge on any atom is -0.394 e. The van der Waals surface area contributed by atoms with Crippen molar-refractivity contribution < 1.29 is 19.5 Å². The molecule has 1 aromatic rings. The fourth-order valence-electron chi connectivity index (χ4n) is 2.15. The summed E-state index contributed by atoms with van der Waals surface area (Å²) in [7, 11) is 0. The van der Waals surface area contributed by atoms with Crippen LogP contribution >= 0.6 is 0 Å². The van der Waals surface area contributed by atoms with Crippen LogP contribution in [0.4, 0.5) is 0 Å². The number of benzene rings is 1. The van der Waals surface area contributed by atoms with Crippen molar-refractivity contribution in [2.45, 2.75) is 18.9 Å². The number of rotatable bonds is 5. The minimum absolute atomic E-state index is 0.0125. The van der Waals surface area contributed by atoms with Gasteiger partial charge in [-0.05, 0) is 18.6 Å². The van der Waals surface area contributed by atoms with E-state index in [1.165, 1.54) is 0 Å². The van der Waals surface area contributed by atoms with E-state index in [0.717, 1.165) is 4.90 Å². The third kappa shape index (κ3) is 2.34. The number of aliphatic hydroxyl groups excluding tert-OH is 1. The largest absolute Gasteiger partial charge is 0.394 e. The molecule has 3 amide bonds. The Hall–Kier alpha value is -2.21. The lowest BCUT2D eigenvalue weighted by Gasteiger charge is -2.23. The van der Waals surface area contributed by atoms with Gasteiger partial charge in [-0.15, -0.1) is 0 Å². The van der Waals surface area contributed by atoms with Crippen LogP contribution in [0.2, 0.25) is 0 Å². The highest BCUT2D eigenvalue weighted by molar-refractivity contribution is 6.21. The lowest BCUT2D eigenvalue weighted by Crippen LogP contribution is -2.42. The second kappa shape index (κ2) is 5.19. The number of aliphatic hydroxyl groups is 1. The van der Waals surface area contributed by atoms with E-state index in [2.05, 4.69) is 0 Å². The minimum atomic E-state index is -0.722. The van der Waals surface area contributed by atoms with E-state index in [-0.39, 0.29) is 12.8 Å². The van der Waals surface area contributed by atoms with E-state index < -0.39 is 30.4 Å². The molecule has 1 aliphatic heterocycles. The van der Waals surface area contributed by atoms with Crippen molar-refractivity contribution >= 4 is 17.7 Å². The Morgan fingerprint density at radius 2 is 1.74 bits per heavy atom. The number of nitrogens with zero attached hydrogens (tertiary/aromatic N) is 1. The standard InChI is InChI=1S/C13H14N2O4/c14-11(17)6-5-8(7-16)15-12(18)9-3-1-2-4-10(9)13(15)19/h1-4,8,16H,5-7H2,(H2,14,17). The van der Waals surface area contributed by atoms with Gasteiger partial charge in [0.1, 0.15) is 0 Å². The summed E-state index contributed by atoms with van der Waals surface area (Å²) in [5, 5.41) is 9.32. The Morgan fingerprint density at radius 3 is 2.16 bits per heavy atom. The molecule has 0 saturated heterocycles. The molecular formula is C13H14N2O4. The van der Waals surface area contributed by atoms with Crippen LogP contribution in [-0.2, 0) is 4.79 Å². The first-order valence-electron chi connectivity index (χ1n) is 5.92. The fourth-order valence-corrected chi connectivity index (χ4v) is 2.15.